The van der Waals surface area contributed by atoms with Crippen molar-refractivity contribution in [1.29, 1.82) is 0 Å². The molecule has 1 aromatic heterocycles. The second-order valence-electron chi connectivity index (χ2n) is 5.27. The van der Waals surface area contributed by atoms with Gasteiger partial charge in [-0.25, -0.2) is 4.98 Å². The van der Waals surface area contributed by atoms with Gasteiger partial charge in [0.1, 0.15) is 6.61 Å². The number of aromatic nitrogens is 1. The van der Waals surface area contributed by atoms with E-state index in [1.807, 2.05) is 73.7 Å². The van der Waals surface area contributed by atoms with Gasteiger partial charge in [-0.1, -0.05) is 60.7 Å². The zero-order valence-electron chi connectivity index (χ0n) is 12.9. The quantitative estimate of drug-likeness (QED) is 0.654. The van der Waals surface area contributed by atoms with Crippen molar-refractivity contribution in [3.05, 3.63) is 83.6 Å². The van der Waals surface area contributed by atoms with E-state index >= 15 is 0 Å². The third-order valence-electron chi connectivity index (χ3n) is 3.64. The smallest absolute Gasteiger partial charge is 0.224 e. The minimum Gasteiger partial charge on any atom is -0.472 e. The van der Waals surface area contributed by atoms with Crippen molar-refractivity contribution in [2.75, 3.05) is 0 Å². The third kappa shape index (κ3) is 3.46. The van der Waals surface area contributed by atoms with Gasteiger partial charge in [0.25, 0.3) is 0 Å². The molecular formula is C20H17NO2. The number of benzene rings is 2. The summed E-state index contributed by atoms with van der Waals surface area (Å²) in [4.78, 5) is 15.9. The van der Waals surface area contributed by atoms with Crippen LogP contribution in [0.15, 0.2) is 66.7 Å². The van der Waals surface area contributed by atoms with Crippen molar-refractivity contribution in [2.45, 2.75) is 13.5 Å². The summed E-state index contributed by atoms with van der Waals surface area (Å²) in [5.74, 6) is 0.376. The maximum atomic E-state index is 11.4. The molecule has 0 radical (unpaired) electrons. The van der Waals surface area contributed by atoms with Crippen molar-refractivity contribution < 1.29 is 9.53 Å². The SMILES string of the molecule is Cc1nc(OCc2ccccc2)c(C=O)cc1-c1ccccc1. The molecule has 23 heavy (non-hydrogen) atoms. The van der Waals surface area contributed by atoms with Gasteiger partial charge < -0.3 is 4.74 Å². The molecular weight excluding hydrogens is 286 g/mol. The van der Waals surface area contributed by atoms with E-state index in [4.69, 9.17) is 4.74 Å². The summed E-state index contributed by atoms with van der Waals surface area (Å²) in [5.41, 5.74) is 4.32. The van der Waals surface area contributed by atoms with Crippen LogP contribution in [0.1, 0.15) is 21.6 Å². The number of hydrogen-bond acceptors (Lipinski definition) is 3. The lowest BCUT2D eigenvalue weighted by Gasteiger charge is -2.12. The second kappa shape index (κ2) is 6.88. The van der Waals surface area contributed by atoms with Gasteiger partial charge in [0.05, 0.1) is 5.56 Å². The molecule has 0 unspecified atom stereocenters. The van der Waals surface area contributed by atoms with Crippen LogP contribution in [0, 0.1) is 6.92 Å². The molecule has 0 atom stereocenters. The minimum atomic E-state index is 0.376. The monoisotopic (exact) mass is 303 g/mol. The van der Waals surface area contributed by atoms with Gasteiger partial charge >= 0.3 is 0 Å². The van der Waals surface area contributed by atoms with Gasteiger partial charge in [-0.2, -0.15) is 0 Å². The highest BCUT2D eigenvalue weighted by Gasteiger charge is 2.11. The molecule has 3 aromatic rings. The second-order valence-corrected chi connectivity index (χ2v) is 5.27. The normalized spacial score (nSPS) is 10.3. The Labute approximate surface area is 135 Å². The Balaban J connectivity index is 1.90. The highest BCUT2D eigenvalue weighted by molar-refractivity contribution is 5.82. The van der Waals surface area contributed by atoms with Crippen molar-refractivity contribution in [3.63, 3.8) is 0 Å². The molecule has 114 valence electrons. The number of ether oxygens (including phenoxy) is 1. The largest absolute Gasteiger partial charge is 0.472 e. The van der Waals surface area contributed by atoms with Crippen LogP contribution in [0.5, 0.6) is 5.88 Å². The fourth-order valence-electron chi connectivity index (χ4n) is 2.43. The van der Waals surface area contributed by atoms with E-state index in [0.29, 0.717) is 18.1 Å². The summed E-state index contributed by atoms with van der Waals surface area (Å²) in [5, 5.41) is 0. The number of hydrogen-bond donors (Lipinski definition) is 0. The lowest BCUT2D eigenvalue weighted by molar-refractivity contribution is 0.111. The number of nitrogens with zero attached hydrogens (tertiary/aromatic N) is 1. The Morgan fingerprint density at radius 3 is 2.30 bits per heavy atom. The summed E-state index contributed by atoms with van der Waals surface area (Å²) < 4.78 is 5.74. The molecule has 0 bridgehead atoms. The zero-order chi connectivity index (χ0) is 16.1. The van der Waals surface area contributed by atoms with Gasteiger partial charge in [0, 0.05) is 11.3 Å². The first kappa shape index (κ1) is 15.0. The maximum absolute atomic E-state index is 11.4. The van der Waals surface area contributed by atoms with Gasteiger partial charge in [-0.05, 0) is 24.1 Å². The number of aryl methyl sites for hydroxylation is 1. The van der Waals surface area contributed by atoms with E-state index in [1.165, 1.54) is 0 Å². The predicted molar refractivity (Wildman–Crippen MR) is 90.6 cm³/mol. The molecule has 0 saturated carbocycles. The van der Waals surface area contributed by atoms with Crippen LogP contribution in [0.3, 0.4) is 0 Å². The Morgan fingerprint density at radius 2 is 1.65 bits per heavy atom. The average Bonchev–Trinajstić information content (AvgIpc) is 2.61. The molecule has 0 amide bonds. The Kier molecular flexibility index (Phi) is 4.48. The van der Waals surface area contributed by atoms with Crippen molar-refractivity contribution in [3.8, 4) is 17.0 Å². The van der Waals surface area contributed by atoms with Crippen LogP contribution in [-0.4, -0.2) is 11.3 Å². The average molecular weight is 303 g/mol. The van der Waals surface area contributed by atoms with Crippen LogP contribution in [0.25, 0.3) is 11.1 Å². The van der Waals surface area contributed by atoms with Crippen LogP contribution in [-0.2, 0) is 6.61 Å². The van der Waals surface area contributed by atoms with E-state index in [0.717, 1.165) is 28.7 Å². The summed E-state index contributed by atoms with van der Waals surface area (Å²) in [6.07, 6.45) is 0.791. The molecule has 0 N–H and O–H groups in total. The van der Waals surface area contributed by atoms with Crippen molar-refractivity contribution in [1.82, 2.24) is 4.98 Å². The van der Waals surface area contributed by atoms with Gasteiger partial charge in [0.15, 0.2) is 6.29 Å². The fraction of sp³-hybridized carbons (Fsp3) is 0.100. The fourth-order valence-corrected chi connectivity index (χ4v) is 2.43. The van der Waals surface area contributed by atoms with Crippen LogP contribution < -0.4 is 4.74 Å². The Morgan fingerprint density at radius 1 is 1.00 bits per heavy atom. The van der Waals surface area contributed by atoms with Crippen molar-refractivity contribution in [2.24, 2.45) is 0 Å². The molecule has 0 saturated heterocycles. The first-order valence-electron chi connectivity index (χ1n) is 7.47. The predicted octanol–water partition coefficient (Wildman–Crippen LogP) is 4.45. The summed E-state index contributed by atoms with van der Waals surface area (Å²) in [7, 11) is 0. The van der Waals surface area contributed by atoms with E-state index in [1.54, 1.807) is 0 Å². The van der Waals surface area contributed by atoms with Crippen LogP contribution in [0.2, 0.25) is 0 Å². The molecule has 0 fully saturated rings. The number of rotatable bonds is 5. The number of aldehydes is 1. The van der Waals surface area contributed by atoms with E-state index < -0.39 is 0 Å². The summed E-state index contributed by atoms with van der Waals surface area (Å²) >= 11 is 0. The highest BCUT2D eigenvalue weighted by Crippen LogP contribution is 2.27. The molecule has 0 aliphatic carbocycles. The third-order valence-corrected chi connectivity index (χ3v) is 3.64. The Bertz CT molecular complexity index is 799. The molecule has 0 spiro atoms. The molecule has 3 rings (SSSR count). The number of carbonyl (C=O) groups excluding carboxylic acids is 1. The zero-order valence-corrected chi connectivity index (χ0v) is 12.9. The Hall–Kier alpha value is -2.94. The molecule has 0 aliphatic heterocycles. The van der Waals surface area contributed by atoms with E-state index in [2.05, 4.69) is 4.98 Å². The number of pyridine rings is 1. The van der Waals surface area contributed by atoms with Gasteiger partial charge in [0.2, 0.25) is 5.88 Å². The molecule has 0 aliphatic rings. The molecule has 3 heteroatoms. The topological polar surface area (TPSA) is 39.2 Å². The summed E-state index contributed by atoms with van der Waals surface area (Å²) in [6, 6.07) is 21.6. The van der Waals surface area contributed by atoms with Crippen LogP contribution >= 0.6 is 0 Å². The standard InChI is InChI=1S/C20H17NO2/c1-15-19(17-10-6-3-7-11-17)12-18(13-22)20(21-15)23-14-16-8-4-2-5-9-16/h2-13H,14H2,1H3. The van der Waals surface area contributed by atoms with Gasteiger partial charge in [-0.3, -0.25) is 4.79 Å². The maximum Gasteiger partial charge on any atom is 0.224 e. The lowest BCUT2D eigenvalue weighted by atomic mass is 10.0. The van der Waals surface area contributed by atoms with Crippen molar-refractivity contribution >= 4 is 6.29 Å². The molecule has 1 heterocycles. The van der Waals surface area contributed by atoms with Gasteiger partial charge in [-0.15, -0.1) is 0 Å². The lowest BCUT2D eigenvalue weighted by Crippen LogP contribution is -2.02. The summed E-state index contributed by atoms with van der Waals surface area (Å²) in [6.45, 7) is 2.31. The van der Waals surface area contributed by atoms with Crippen LogP contribution in [0.4, 0.5) is 0 Å². The molecule has 3 nitrogen and oxygen atoms in total. The first-order valence-corrected chi connectivity index (χ1v) is 7.47. The highest BCUT2D eigenvalue weighted by atomic mass is 16.5. The number of carbonyl (C=O) groups is 1. The van der Waals surface area contributed by atoms with E-state index in [-0.39, 0.29) is 0 Å². The molecule has 2 aromatic carbocycles. The minimum absolute atomic E-state index is 0.376. The van der Waals surface area contributed by atoms with E-state index in [9.17, 15) is 4.79 Å². The first-order chi connectivity index (χ1) is 11.3.